The van der Waals surface area contributed by atoms with Crippen LogP contribution in [0.5, 0.6) is 0 Å². The number of thiophene rings is 4. The Balaban J connectivity index is 0.000000149. The van der Waals surface area contributed by atoms with E-state index in [0.717, 1.165) is 124 Å². The van der Waals surface area contributed by atoms with Crippen molar-refractivity contribution in [2.45, 2.75) is 0 Å². The van der Waals surface area contributed by atoms with E-state index in [9.17, 15) is 0 Å². The molecule has 135 heavy (non-hydrogen) atoms. The fraction of sp³-hybridized carbons (Fsp3) is 0. The van der Waals surface area contributed by atoms with E-state index in [1.807, 2.05) is 51.4 Å². The number of rotatable bonds is 19. The molecule has 0 amide bonds. The van der Waals surface area contributed by atoms with Crippen molar-refractivity contribution >= 4 is 261 Å². The van der Waals surface area contributed by atoms with E-state index in [1.54, 1.807) is 0 Å². The number of fused-ring (bicyclic) bond motifs is 16. The topological polar surface area (TPSA) is 32.6 Å². The Hall–Kier alpha value is -16.6. The predicted octanol–water partition coefficient (Wildman–Crippen LogP) is 38.4. The molecule has 0 fully saturated rings. The average Bonchev–Trinajstić information content (AvgIpc) is 1.61. The van der Waals surface area contributed by atoms with Crippen LogP contribution < -0.4 is 29.4 Å². The molecule has 0 bridgehead atoms. The van der Waals surface area contributed by atoms with Gasteiger partial charge < -0.3 is 33.8 Å². The minimum absolute atomic E-state index is 0.863. The van der Waals surface area contributed by atoms with Gasteiger partial charge in [0, 0.05) is 157 Å². The number of benzene rings is 21. The van der Waals surface area contributed by atoms with Crippen molar-refractivity contribution in [1.82, 2.24) is 0 Å². The Kier molecular flexibility index (Phi) is 20.6. The number of anilines is 18. The highest BCUT2D eigenvalue weighted by molar-refractivity contribution is 7.27. The summed E-state index contributed by atoms with van der Waals surface area (Å²) in [5.41, 5.74) is 24.1. The molecular formula is C124H82N6OS4. The molecule has 0 radical (unpaired) electrons. The Labute approximate surface area is 797 Å². The maximum Gasteiger partial charge on any atom is 0.159 e. The van der Waals surface area contributed by atoms with Gasteiger partial charge in [0.15, 0.2) is 5.58 Å². The standard InChI is InChI=1S/C70H45N3OS2.C54H37N3S2/c1-4-18-46(19-5-1)49-22-14-27-52(42-49)71(54-38-40-66-60(44-54)58-30-16-33-63(69(58)75-66)72(50-23-6-2-7-24-50)51-25-8-3-9-26-51)55-39-41-67-61(45-55)59-31-17-34-64(70(59)76-67)73(53-37-36-47-20-10-11-21-48(47)43-53)62-32-15-29-57-56-28-12-13-35-65(56)74-68(57)62;1-6-17-38(18-7-1)55(39-19-8-2-9-20-39)45-29-32-46-48-35-43(30-33-51(48)58-53(46)37-45)56(40-21-10-3-11-22-40)44-31-34-52-49(36-44)47-27-16-28-50(54(47)59-52)57(41-23-12-4-13-24-41)42-25-14-5-15-26-42/h1-45H;1-37H. The van der Waals surface area contributed by atoms with Crippen molar-refractivity contribution in [2.75, 3.05) is 29.4 Å². The Morgan fingerprint density at radius 1 is 0.148 bits per heavy atom. The minimum atomic E-state index is 0.863. The molecule has 26 aromatic rings. The molecule has 0 aliphatic rings. The lowest BCUT2D eigenvalue weighted by atomic mass is 10.0. The van der Waals surface area contributed by atoms with Gasteiger partial charge >= 0.3 is 0 Å². The molecule has 5 aromatic heterocycles. The molecule has 7 nitrogen and oxygen atoms in total. The van der Waals surface area contributed by atoms with Gasteiger partial charge in [-0.25, -0.2) is 0 Å². The van der Waals surface area contributed by atoms with Crippen molar-refractivity contribution in [3.8, 4) is 11.1 Å². The molecule has 0 aliphatic heterocycles. The summed E-state index contributed by atoms with van der Waals surface area (Å²) in [6.07, 6.45) is 0. The first kappa shape index (κ1) is 80.4. The van der Waals surface area contributed by atoms with Crippen LogP contribution in [0.15, 0.2) is 502 Å². The van der Waals surface area contributed by atoms with E-state index in [1.165, 1.54) is 103 Å². The Bertz CT molecular complexity index is 8800. The summed E-state index contributed by atoms with van der Waals surface area (Å²) >= 11 is 7.41. The van der Waals surface area contributed by atoms with Gasteiger partial charge in [0.1, 0.15) is 5.58 Å². The van der Waals surface area contributed by atoms with Gasteiger partial charge in [0.25, 0.3) is 0 Å². The van der Waals surface area contributed by atoms with Crippen LogP contribution in [0.2, 0.25) is 0 Å². The summed E-state index contributed by atoms with van der Waals surface area (Å²) in [6, 6.07) is 180. The van der Waals surface area contributed by atoms with E-state index < -0.39 is 0 Å². The van der Waals surface area contributed by atoms with Gasteiger partial charge in [-0.2, -0.15) is 0 Å². The molecule has 0 saturated carbocycles. The predicted molar refractivity (Wildman–Crippen MR) is 583 cm³/mol. The van der Waals surface area contributed by atoms with Crippen LogP contribution in [0.1, 0.15) is 0 Å². The first-order chi connectivity index (χ1) is 66.9. The molecule has 0 spiro atoms. The van der Waals surface area contributed by atoms with Crippen LogP contribution >= 0.6 is 45.3 Å². The van der Waals surface area contributed by atoms with E-state index in [4.69, 9.17) is 4.42 Å². The van der Waals surface area contributed by atoms with E-state index >= 15 is 0 Å². The van der Waals surface area contributed by atoms with Crippen LogP contribution in [0.3, 0.4) is 0 Å². The number of hydrogen-bond donors (Lipinski definition) is 0. The minimum Gasteiger partial charge on any atom is -0.454 e. The summed E-state index contributed by atoms with van der Waals surface area (Å²) in [6.45, 7) is 0. The Morgan fingerprint density at radius 3 is 0.919 bits per heavy atom. The molecule has 0 saturated heterocycles. The molecule has 0 N–H and O–H groups in total. The molecule has 26 rings (SSSR count). The van der Waals surface area contributed by atoms with Crippen LogP contribution in [0.25, 0.3) is 125 Å². The SMILES string of the molecule is c1ccc(-c2cccc(N(c3ccc4sc5c(N(c6ccccc6)c6ccccc6)cccc5c4c3)c3ccc4sc5c(N(c6ccc7ccccc7c6)c6cccc7c6oc6ccccc67)cccc5c4c3)c2)cc1.c1ccc(N(c2ccccc2)c2ccc3c(c2)sc2ccc(N(c4ccccc4)c4ccc5sc6c(N(c7ccccc7)c7ccccc7)cccc6c5c4)cc23)cc1. The average molecular weight is 1800 g/mol. The van der Waals surface area contributed by atoms with Crippen molar-refractivity contribution in [2.24, 2.45) is 0 Å². The van der Waals surface area contributed by atoms with Crippen LogP contribution in [0.4, 0.5) is 102 Å². The van der Waals surface area contributed by atoms with Crippen LogP contribution in [-0.2, 0) is 0 Å². The largest absolute Gasteiger partial charge is 0.454 e. The second-order valence-electron chi connectivity index (χ2n) is 33.8. The van der Waals surface area contributed by atoms with Crippen molar-refractivity contribution < 1.29 is 4.42 Å². The maximum absolute atomic E-state index is 6.78. The normalized spacial score (nSPS) is 11.6. The van der Waals surface area contributed by atoms with Crippen molar-refractivity contribution in [1.29, 1.82) is 0 Å². The molecule has 638 valence electrons. The monoisotopic (exact) mass is 1800 g/mol. The second kappa shape index (κ2) is 34.6. The summed E-state index contributed by atoms with van der Waals surface area (Å²) in [5, 5.41) is 14.5. The second-order valence-corrected chi connectivity index (χ2v) is 38.1. The van der Waals surface area contributed by atoms with Gasteiger partial charge in [0.2, 0.25) is 0 Å². The zero-order valence-electron chi connectivity index (χ0n) is 73.1. The fourth-order valence-electron chi connectivity index (χ4n) is 19.6. The molecule has 5 heterocycles. The number of para-hydroxylation sites is 9. The lowest BCUT2D eigenvalue weighted by Crippen LogP contribution is -2.10. The van der Waals surface area contributed by atoms with Crippen molar-refractivity contribution in [3.05, 3.63) is 497 Å². The third-order valence-electron chi connectivity index (χ3n) is 25.8. The van der Waals surface area contributed by atoms with E-state index in [0.29, 0.717) is 0 Å². The summed E-state index contributed by atoms with van der Waals surface area (Å²) < 4.78 is 16.8. The zero-order valence-corrected chi connectivity index (χ0v) is 76.3. The molecular weight excluding hydrogens is 1720 g/mol. The maximum atomic E-state index is 6.78. The fourth-order valence-corrected chi connectivity index (χ4v) is 24.3. The van der Waals surface area contributed by atoms with E-state index in [2.05, 4.69) is 521 Å². The number of nitrogens with zero attached hydrogens (tertiary/aromatic N) is 6. The lowest BCUT2D eigenvalue weighted by molar-refractivity contribution is 0.669. The summed E-state index contributed by atoms with van der Waals surface area (Å²) in [5.74, 6) is 0. The summed E-state index contributed by atoms with van der Waals surface area (Å²) in [4.78, 5) is 14.3. The zero-order chi connectivity index (χ0) is 89.2. The Morgan fingerprint density at radius 2 is 0.452 bits per heavy atom. The number of furan rings is 1. The first-order valence-electron chi connectivity index (χ1n) is 45.5. The van der Waals surface area contributed by atoms with Gasteiger partial charge in [-0.1, -0.05) is 273 Å². The van der Waals surface area contributed by atoms with Crippen LogP contribution in [-0.4, -0.2) is 0 Å². The molecule has 11 heteroatoms. The molecule has 0 unspecified atom stereocenters. The third kappa shape index (κ3) is 14.8. The van der Waals surface area contributed by atoms with E-state index in [-0.39, 0.29) is 0 Å². The molecule has 0 aliphatic carbocycles. The lowest BCUT2D eigenvalue weighted by Gasteiger charge is -2.27. The summed E-state index contributed by atoms with van der Waals surface area (Å²) in [7, 11) is 0. The first-order valence-corrected chi connectivity index (χ1v) is 48.7. The highest BCUT2D eigenvalue weighted by atomic mass is 32.1. The van der Waals surface area contributed by atoms with Crippen LogP contribution in [0, 0.1) is 0 Å². The quantitative estimate of drug-likeness (QED) is 0.0798. The van der Waals surface area contributed by atoms with Crippen molar-refractivity contribution in [3.63, 3.8) is 0 Å². The third-order valence-corrected chi connectivity index (χ3v) is 30.5. The highest BCUT2D eigenvalue weighted by Gasteiger charge is 2.28. The molecule has 21 aromatic carbocycles. The smallest absolute Gasteiger partial charge is 0.159 e. The number of hydrogen-bond acceptors (Lipinski definition) is 11. The molecule has 0 atom stereocenters. The van der Waals surface area contributed by atoms with Gasteiger partial charge in [-0.05, 0) is 246 Å². The highest BCUT2D eigenvalue weighted by Crippen LogP contribution is 2.54. The van der Waals surface area contributed by atoms with Gasteiger partial charge in [-0.15, -0.1) is 45.3 Å². The van der Waals surface area contributed by atoms with Gasteiger partial charge in [0.05, 0.1) is 36.8 Å². The van der Waals surface area contributed by atoms with Gasteiger partial charge in [-0.3, -0.25) is 0 Å².